The van der Waals surface area contributed by atoms with Crippen LogP contribution in [0.4, 0.5) is 5.82 Å². The van der Waals surface area contributed by atoms with Gasteiger partial charge in [-0.25, -0.2) is 14.8 Å². The molecule has 0 spiro atoms. The average Bonchev–Trinajstić information content (AvgIpc) is 2.57. The first kappa shape index (κ1) is 17.1. The number of rotatable bonds is 8. The minimum Gasteiger partial charge on any atom is -0.493 e. The number of thioether (sulfide) groups is 1. The van der Waals surface area contributed by atoms with Crippen LogP contribution in [-0.4, -0.2) is 53.3 Å². The number of nitrogens with zero attached hydrogens (tertiary/aromatic N) is 2. The van der Waals surface area contributed by atoms with Gasteiger partial charge in [-0.15, -0.1) is 0 Å². The highest BCUT2D eigenvalue weighted by molar-refractivity contribution is 7.98. The van der Waals surface area contributed by atoms with E-state index in [1.54, 1.807) is 38.1 Å². The molecule has 0 aliphatic carbocycles. The maximum absolute atomic E-state index is 11.4. The van der Waals surface area contributed by atoms with Crippen molar-refractivity contribution in [2.75, 3.05) is 31.5 Å². The lowest BCUT2D eigenvalue weighted by atomic mass is 10.1. The number of nitrogens with one attached hydrogen (secondary N) is 1. The van der Waals surface area contributed by atoms with E-state index in [-0.39, 0.29) is 0 Å². The van der Waals surface area contributed by atoms with Crippen LogP contribution >= 0.6 is 11.8 Å². The van der Waals surface area contributed by atoms with E-state index < -0.39 is 12.0 Å². The average molecular weight is 337 g/mol. The molecule has 0 aliphatic heterocycles. The molecule has 0 bridgehead atoms. The number of fused-ring (bicyclic) bond motifs is 1. The fourth-order valence-electron chi connectivity index (χ4n) is 2.16. The largest absolute Gasteiger partial charge is 0.493 e. The van der Waals surface area contributed by atoms with E-state index in [9.17, 15) is 9.90 Å². The molecule has 124 valence electrons. The van der Waals surface area contributed by atoms with E-state index in [4.69, 9.17) is 9.47 Å². The zero-order chi connectivity index (χ0) is 16.8. The summed E-state index contributed by atoms with van der Waals surface area (Å²) in [5.41, 5.74) is 0.647. The van der Waals surface area contributed by atoms with Gasteiger partial charge in [-0.2, -0.15) is 11.8 Å². The number of carboxylic acids is 1. The summed E-state index contributed by atoms with van der Waals surface area (Å²) in [7, 11) is 3.09. The zero-order valence-corrected chi connectivity index (χ0v) is 14.0. The highest BCUT2D eigenvalue weighted by Gasteiger charge is 2.19. The molecule has 23 heavy (non-hydrogen) atoms. The SMILES string of the molecule is COc1cc2ncnc(NC(CCSC)C(=O)O)c2cc1OC. The van der Waals surface area contributed by atoms with Gasteiger partial charge in [0.25, 0.3) is 0 Å². The Morgan fingerprint density at radius 1 is 1.30 bits per heavy atom. The van der Waals surface area contributed by atoms with Gasteiger partial charge in [0.2, 0.25) is 0 Å². The molecule has 2 N–H and O–H groups in total. The second-order valence-corrected chi connectivity index (χ2v) is 5.75. The number of aromatic nitrogens is 2. The summed E-state index contributed by atoms with van der Waals surface area (Å²) in [6, 6.07) is 2.76. The maximum Gasteiger partial charge on any atom is 0.326 e. The predicted molar refractivity (Wildman–Crippen MR) is 90.7 cm³/mol. The number of aliphatic carboxylic acids is 1. The Morgan fingerprint density at radius 2 is 2.00 bits per heavy atom. The zero-order valence-electron chi connectivity index (χ0n) is 13.2. The first-order chi connectivity index (χ1) is 11.1. The summed E-state index contributed by atoms with van der Waals surface area (Å²) in [4.78, 5) is 19.8. The third-order valence-electron chi connectivity index (χ3n) is 3.36. The van der Waals surface area contributed by atoms with E-state index in [2.05, 4.69) is 15.3 Å². The Balaban J connectivity index is 2.41. The lowest BCUT2D eigenvalue weighted by molar-refractivity contribution is -0.137. The Bertz CT molecular complexity index is 696. The molecule has 1 unspecified atom stereocenters. The summed E-state index contributed by atoms with van der Waals surface area (Å²) in [5.74, 6) is 1.39. The first-order valence-corrected chi connectivity index (χ1v) is 8.35. The van der Waals surface area contributed by atoms with Crippen LogP contribution in [0.3, 0.4) is 0 Å². The molecule has 2 rings (SSSR count). The number of methoxy groups -OCH3 is 2. The first-order valence-electron chi connectivity index (χ1n) is 6.95. The third-order valence-corrected chi connectivity index (χ3v) is 4.00. The van der Waals surface area contributed by atoms with Crippen molar-refractivity contribution in [2.45, 2.75) is 12.5 Å². The molecule has 1 aromatic carbocycles. The Morgan fingerprint density at radius 3 is 2.61 bits per heavy atom. The molecule has 1 heterocycles. The smallest absolute Gasteiger partial charge is 0.326 e. The van der Waals surface area contributed by atoms with Crippen molar-refractivity contribution < 1.29 is 19.4 Å². The Hall–Kier alpha value is -2.22. The van der Waals surface area contributed by atoms with Gasteiger partial charge < -0.3 is 19.9 Å². The lowest BCUT2D eigenvalue weighted by Crippen LogP contribution is -2.30. The van der Waals surface area contributed by atoms with Gasteiger partial charge in [0, 0.05) is 11.5 Å². The molecule has 0 saturated heterocycles. The van der Waals surface area contributed by atoms with Gasteiger partial charge >= 0.3 is 5.97 Å². The fraction of sp³-hybridized carbons (Fsp3) is 0.400. The van der Waals surface area contributed by atoms with Gasteiger partial charge in [0.15, 0.2) is 11.5 Å². The standard InChI is InChI=1S/C15H19N3O4S/c1-21-12-6-9-11(7-13(12)22-2)16-8-17-14(9)18-10(15(19)20)4-5-23-3/h6-8,10H,4-5H2,1-3H3,(H,19,20)(H,16,17,18). The molecule has 1 aromatic heterocycles. The number of hydrogen-bond donors (Lipinski definition) is 2. The summed E-state index contributed by atoms with van der Waals surface area (Å²) < 4.78 is 10.5. The van der Waals surface area contributed by atoms with Gasteiger partial charge in [-0.1, -0.05) is 0 Å². The van der Waals surface area contributed by atoms with Gasteiger partial charge in [-0.3, -0.25) is 0 Å². The van der Waals surface area contributed by atoms with Crippen LogP contribution in [0.5, 0.6) is 11.5 Å². The maximum atomic E-state index is 11.4. The number of hydrogen-bond acceptors (Lipinski definition) is 7. The van der Waals surface area contributed by atoms with E-state index in [0.717, 1.165) is 5.75 Å². The van der Waals surface area contributed by atoms with Crippen molar-refractivity contribution in [3.63, 3.8) is 0 Å². The molecule has 0 radical (unpaired) electrons. The number of carbonyl (C=O) groups is 1. The Labute approximate surface area is 138 Å². The molecule has 0 amide bonds. The molecule has 0 aliphatic rings. The molecule has 1 atom stereocenters. The van der Waals surface area contributed by atoms with Crippen molar-refractivity contribution in [3.05, 3.63) is 18.5 Å². The number of benzene rings is 1. The monoisotopic (exact) mass is 337 g/mol. The highest BCUT2D eigenvalue weighted by Crippen LogP contribution is 2.33. The normalized spacial score (nSPS) is 12.0. The van der Waals surface area contributed by atoms with Crippen molar-refractivity contribution in [3.8, 4) is 11.5 Å². The molecule has 8 heteroatoms. The minimum absolute atomic E-state index is 0.462. The van der Waals surface area contributed by atoms with Gasteiger partial charge in [-0.05, 0) is 24.5 Å². The highest BCUT2D eigenvalue weighted by atomic mass is 32.2. The number of ether oxygens (including phenoxy) is 2. The van der Waals surface area contributed by atoms with E-state index in [0.29, 0.717) is 34.6 Å². The van der Waals surface area contributed by atoms with E-state index in [1.165, 1.54) is 6.33 Å². The van der Waals surface area contributed by atoms with Crippen LogP contribution in [0.1, 0.15) is 6.42 Å². The molecular formula is C15H19N3O4S. The van der Waals surface area contributed by atoms with Crippen molar-refractivity contribution in [1.82, 2.24) is 9.97 Å². The topological polar surface area (TPSA) is 93.6 Å². The van der Waals surface area contributed by atoms with E-state index in [1.807, 2.05) is 6.26 Å². The van der Waals surface area contributed by atoms with Crippen LogP contribution in [0.2, 0.25) is 0 Å². The van der Waals surface area contributed by atoms with Crippen LogP contribution < -0.4 is 14.8 Å². The predicted octanol–water partition coefficient (Wildman–Crippen LogP) is 2.27. The summed E-state index contributed by atoms with van der Waals surface area (Å²) in [6.45, 7) is 0. The molecule has 7 nitrogen and oxygen atoms in total. The summed E-state index contributed by atoms with van der Waals surface area (Å²) in [5, 5.41) is 13.0. The Kier molecular flexibility index (Phi) is 5.86. The number of anilines is 1. The van der Waals surface area contributed by atoms with Crippen LogP contribution in [0, 0.1) is 0 Å². The van der Waals surface area contributed by atoms with Gasteiger partial charge in [0.1, 0.15) is 18.2 Å². The van der Waals surface area contributed by atoms with Crippen LogP contribution in [0.15, 0.2) is 18.5 Å². The van der Waals surface area contributed by atoms with Crippen molar-refractivity contribution >= 4 is 34.5 Å². The van der Waals surface area contributed by atoms with Crippen molar-refractivity contribution in [1.29, 1.82) is 0 Å². The van der Waals surface area contributed by atoms with E-state index >= 15 is 0 Å². The van der Waals surface area contributed by atoms with Gasteiger partial charge in [0.05, 0.1) is 19.7 Å². The quantitative estimate of drug-likeness (QED) is 0.758. The second-order valence-electron chi connectivity index (χ2n) is 4.76. The van der Waals surface area contributed by atoms with Crippen molar-refractivity contribution in [2.24, 2.45) is 0 Å². The molecule has 0 saturated carbocycles. The molecule has 0 fully saturated rings. The van der Waals surface area contributed by atoms with Crippen LogP contribution in [-0.2, 0) is 4.79 Å². The summed E-state index contributed by atoms with van der Waals surface area (Å²) in [6.07, 6.45) is 3.83. The fourth-order valence-corrected chi connectivity index (χ4v) is 2.63. The lowest BCUT2D eigenvalue weighted by Gasteiger charge is -2.16. The number of carboxylic acid groups (broad SMARTS) is 1. The minimum atomic E-state index is -0.911. The van der Waals surface area contributed by atoms with Crippen LogP contribution in [0.25, 0.3) is 10.9 Å². The molecular weight excluding hydrogens is 318 g/mol. The second kappa shape index (κ2) is 7.87. The third kappa shape index (κ3) is 3.95. The molecule has 2 aromatic rings. The summed E-state index contributed by atoms with van der Waals surface area (Å²) >= 11 is 1.60.